The lowest BCUT2D eigenvalue weighted by molar-refractivity contribution is -0.137. The summed E-state index contributed by atoms with van der Waals surface area (Å²) >= 11 is 0. The lowest BCUT2D eigenvalue weighted by Crippen LogP contribution is -2.55. The second kappa shape index (κ2) is 3.62. The highest BCUT2D eigenvalue weighted by atomic mass is 16.1. The number of allylic oxidation sites excluding steroid dienone is 1. The molecule has 0 radical (unpaired) electrons. The highest BCUT2D eigenvalue weighted by Crippen LogP contribution is 2.30. The molecule has 3 heterocycles. The summed E-state index contributed by atoms with van der Waals surface area (Å²) in [6, 6.07) is 0.227. The van der Waals surface area contributed by atoms with Crippen LogP contribution in [0.15, 0.2) is 12.7 Å². The van der Waals surface area contributed by atoms with Gasteiger partial charge in [0.1, 0.15) is 0 Å². The van der Waals surface area contributed by atoms with Crippen LogP contribution in [0.5, 0.6) is 0 Å². The summed E-state index contributed by atoms with van der Waals surface area (Å²) in [6.07, 6.45) is 6.07. The third-order valence-corrected chi connectivity index (χ3v) is 3.35. The predicted molar refractivity (Wildman–Crippen MR) is 52.5 cm³/mol. The number of carbonyl (C=O) groups is 1. The Morgan fingerprint density at radius 2 is 2.15 bits per heavy atom. The zero-order valence-corrected chi connectivity index (χ0v) is 8.04. The topological polar surface area (TPSA) is 20.3 Å². The van der Waals surface area contributed by atoms with Crippen molar-refractivity contribution in [2.75, 3.05) is 13.1 Å². The van der Waals surface area contributed by atoms with E-state index >= 15 is 0 Å². The van der Waals surface area contributed by atoms with Crippen LogP contribution in [0, 0.1) is 5.92 Å². The molecule has 13 heavy (non-hydrogen) atoms. The summed E-state index contributed by atoms with van der Waals surface area (Å²) in [5.74, 6) is 0.888. The summed E-state index contributed by atoms with van der Waals surface area (Å²) in [6.45, 7) is 5.98. The first-order valence-corrected chi connectivity index (χ1v) is 5.21. The first-order valence-electron chi connectivity index (χ1n) is 5.21. The molecule has 2 nitrogen and oxygen atoms in total. The van der Waals surface area contributed by atoms with E-state index in [9.17, 15) is 4.79 Å². The Morgan fingerprint density at radius 1 is 1.46 bits per heavy atom. The quantitative estimate of drug-likeness (QED) is 0.613. The second-order valence-electron chi connectivity index (χ2n) is 4.09. The summed E-state index contributed by atoms with van der Waals surface area (Å²) in [4.78, 5) is 14.2. The summed E-state index contributed by atoms with van der Waals surface area (Å²) in [5.41, 5.74) is 0. The third-order valence-electron chi connectivity index (χ3n) is 3.35. The number of Topliss-reactive ketones (excluding diaryl/α,β-unsaturated/α-hetero) is 1. The number of carbonyl (C=O) groups excluding carboxylic acids is 1. The van der Waals surface area contributed by atoms with Gasteiger partial charge in [0.25, 0.3) is 0 Å². The van der Waals surface area contributed by atoms with E-state index in [4.69, 9.17) is 0 Å². The minimum absolute atomic E-state index is 0.227. The molecular formula is C11H17NO. The van der Waals surface area contributed by atoms with Crippen LogP contribution in [0.2, 0.25) is 0 Å². The van der Waals surface area contributed by atoms with E-state index in [-0.39, 0.29) is 6.04 Å². The van der Waals surface area contributed by atoms with Gasteiger partial charge in [0.05, 0.1) is 6.04 Å². The van der Waals surface area contributed by atoms with Crippen LogP contribution >= 0.6 is 0 Å². The van der Waals surface area contributed by atoms with Gasteiger partial charge in [-0.15, -0.1) is 6.58 Å². The molecule has 0 amide bonds. The first kappa shape index (κ1) is 8.95. The van der Waals surface area contributed by atoms with Crippen LogP contribution in [0.1, 0.15) is 25.7 Å². The summed E-state index contributed by atoms with van der Waals surface area (Å²) < 4.78 is 0. The third kappa shape index (κ3) is 1.55. The first-order chi connectivity index (χ1) is 6.33. The Morgan fingerprint density at radius 3 is 2.69 bits per heavy atom. The molecule has 0 N–H and O–H groups in total. The predicted octanol–water partition coefficient (Wildman–Crippen LogP) is 1.62. The fraction of sp³-hybridized carbons (Fsp3) is 0.727. The Balaban J connectivity index is 2.01. The van der Waals surface area contributed by atoms with Crippen LogP contribution in [-0.4, -0.2) is 29.8 Å². The minimum Gasteiger partial charge on any atom is -0.298 e. The standard InChI is InChI=1S/C11H17NO/c1-2-3-4-10-11(13)9-5-7-12(10)8-6-9/h2,9-10H,1,3-8H2. The number of ketones is 1. The van der Waals surface area contributed by atoms with E-state index in [0.717, 1.165) is 38.8 Å². The lowest BCUT2D eigenvalue weighted by Gasteiger charge is -2.44. The summed E-state index contributed by atoms with van der Waals surface area (Å²) in [7, 11) is 0. The zero-order valence-electron chi connectivity index (χ0n) is 8.04. The highest BCUT2D eigenvalue weighted by Gasteiger charge is 2.39. The average Bonchev–Trinajstić information content (AvgIpc) is 2.18. The fourth-order valence-electron chi connectivity index (χ4n) is 2.55. The van der Waals surface area contributed by atoms with Gasteiger partial charge in [-0.2, -0.15) is 0 Å². The van der Waals surface area contributed by atoms with E-state index in [1.54, 1.807) is 0 Å². The van der Waals surface area contributed by atoms with E-state index in [0.29, 0.717) is 11.7 Å². The Kier molecular flexibility index (Phi) is 2.49. The molecule has 0 aromatic heterocycles. The fourth-order valence-corrected chi connectivity index (χ4v) is 2.55. The highest BCUT2D eigenvalue weighted by molar-refractivity contribution is 5.87. The zero-order chi connectivity index (χ0) is 9.26. The van der Waals surface area contributed by atoms with Crippen LogP contribution < -0.4 is 0 Å². The number of fused-ring (bicyclic) bond motifs is 3. The largest absolute Gasteiger partial charge is 0.298 e. The van der Waals surface area contributed by atoms with E-state index in [1.165, 1.54) is 0 Å². The van der Waals surface area contributed by atoms with Gasteiger partial charge < -0.3 is 0 Å². The molecule has 3 aliphatic rings. The Bertz CT molecular complexity index is 216. The average molecular weight is 179 g/mol. The molecule has 0 aromatic rings. The molecule has 2 heteroatoms. The van der Waals surface area contributed by atoms with Gasteiger partial charge in [0.2, 0.25) is 0 Å². The Labute approximate surface area is 79.6 Å². The number of nitrogens with zero attached hydrogens (tertiary/aromatic N) is 1. The molecule has 3 saturated heterocycles. The van der Waals surface area contributed by atoms with Gasteiger partial charge in [-0.25, -0.2) is 0 Å². The van der Waals surface area contributed by atoms with Crippen molar-refractivity contribution >= 4 is 5.78 Å². The van der Waals surface area contributed by atoms with Gasteiger partial charge in [-0.05, 0) is 38.8 Å². The Hall–Kier alpha value is -0.630. The van der Waals surface area contributed by atoms with Crippen molar-refractivity contribution in [3.63, 3.8) is 0 Å². The molecular weight excluding hydrogens is 162 g/mol. The minimum atomic E-state index is 0.227. The van der Waals surface area contributed by atoms with Crippen molar-refractivity contribution in [3.8, 4) is 0 Å². The van der Waals surface area contributed by atoms with Crippen molar-refractivity contribution in [1.82, 2.24) is 4.90 Å². The maximum Gasteiger partial charge on any atom is 0.153 e. The van der Waals surface area contributed by atoms with Gasteiger partial charge in [0.15, 0.2) is 5.78 Å². The lowest BCUT2D eigenvalue weighted by atomic mass is 9.80. The maximum atomic E-state index is 11.8. The summed E-state index contributed by atoms with van der Waals surface area (Å²) in [5, 5.41) is 0. The van der Waals surface area contributed by atoms with Gasteiger partial charge >= 0.3 is 0 Å². The van der Waals surface area contributed by atoms with E-state index < -0.39 is 0 Å². The van der Waals surface area contributed by atoms with Crippen LogP contribution in [0.25, 0.3) is 0 Å². The molecule has 3 aliphatic heterocycles. The molecule has 0 saturated carbocycles. The molecule has 3 rings (SSSR count). The van der Waals surface area contributed by atoms with Crippen LogP contribution in [0.3, 0.4) is 0 Å². The van der Waals surface area contributed by atoms with Gasteiger partial charge in [-0.3, -0.25) is 9.69 Å². The van der Waals surface area contributed by atoms with Gasteiger partial charge in [-0.1, -0.05) is 6.08 Å². The molecule has 72 valence electrons. The number of rotatable bonds is 3. The van der Waals surface area contributed by atoms with Crippen molar-refractivity contribution in [1.29, 1.82) is 0 Å². The molecule has 0 aromatic carbocycles. The maximum absolute atomic E-state index is 11.8. The smallest absolute Gasteiger partial charge is 0.153 e. The second-order valence-corrected chi connectivity index (χ2v) is 4.09. The number of piperidine rings is 3. The molecule has 1 unspecified atom stereocenters. The molecule has 2 bridgehead atoms. The monoisotopic (exact) mass is 179 g/mol. The molecule has 3 fully saturated rings. The SMILES string of the molecule is C=CCCC1C(=O)C2CCN1CC2. The molecule has 0 spiro atoms. The van der Waals surface area contributed by atoms with E-state index in [1.807, 2.05) is 6.08 Å². The van der Waals surface area contributed by atoms with Crippen LogP contribution in [-0.2, 0) is 4.79 Å². The normalized spacial score (nSPS) is 37.8. The van der Waals surface area contributed by atoms with Gasteiger partial charge in [0, 0.05) is 5.92 Å². The van der Waals surface area contributed by atoms with Crippen molar-refractivity contribution in [2.24, 2.45) is 5.92 Å². The number of hydrogen-bond acceptors (Lipinski definition) is 2. The molecule has 0 aliphatic carbocycles. The van der Waals surface area contributed by atoms with Crippen molar-refractivity contribution in [2.45, 2.75) is 31.7 Å². The van der Waals surface area contributed by atoms with E-state index in [2.05, 4.69) is 11.5 Å². The van der Waals surface area contributed by atoms with Crippen LogP contribution in [0.4, 0.5) is 0 Å². The molecule has 1 atom stereocenters. The van der Waals surface area contributed by atoms with Crippen molar-refractivity contribution < 1.29 is 4.79 Å². The number of hydrogen-bond donors (Lipinski definition) is 0. The van der Waals surface area contributed by atoms with Crippen molar-refractivity contribution in [3.05, 3.63) is 12.7 Å².